The van der Waals surface area contributed by atoms with Crippen LogP contribution in [0.15, 0.2) is 48.5 Å². The third-order valence-electron chi connectivity index (χ3n) is 5.62. The Morgan fingerprint density at radius 3 is 2.25 bits per heavy atom. The second-order valence-electron chi connectivity index (χ2n) is 8.01. The number of hydrogen-bond donors (Lipinski definition) is 3. The molecule has 0 bridgehead atoms. The smallest absolute Gasteiger partial charge is 0.407 e. The van der Waals surface area contributed by atoms with Crippen molar-refractivity contribution in [3.8, 4) is 11.1 Å². The van der Waals surface area contributed by atoms with Crippen molar-refractivity contribution in [1.82, 2.24) is 10.6 Å². The van der Waals surface area contributed by atoms with E-state index in [0.717, 1.165) is 17.5 Å². The van der Waals surface area contributed by atoms with Gasteiger partial charge in [0.15, 0.2) is 0 Å². The zero-order chi connectivity index (χ0) is 22.9. The predicted octanol–water partition coefficient (Wildman–Crippen LogP) is 4.06. The highest BCUT2D eigenvalue weighted by Crippen LogP contribution is 2.44. The molecule has 0 unspecified atom stereocenters. The van der Waals surface area contributed by atoms with Crippen LogP contribution < -0.4 is 10.6 Å². The molecule has 3 N–H and O–H groups in total. The second-order valence-corrected chi connectivity index (χ2v) is 8.01. The van der Waals surface area contributed by atoms with Gasteiger partial charge in [0, 0.05) is 24.9 Å². The van der Waals surface area contributed by atoms with Crippen LogP contribution in [0.5, 0.6) is 0 Å². The summed E-state index contributed by atoms with van der Waals surface area (Å²) in [6.45, 7) is 2.50. The Balaban J connectivity index is 1.41. The summed E-state index contributed by atoms with van der Waals surface area (Å²) in [6, 6.07) is 15.9. The SMILES string of the molecule is CCC[C@H](CC(=O)O)NC(=O)CCCNC(=O)OCC1c2ccccc2-c2ccccc21. The number of rotatable bonds is 11. The van der Waals surface area contributed by atoms with Crippen molar-refractivity contribution in [2.45, 2.75) is 51.0 Å². The first-order valence-electron chi connectivity index (χ1n) is 11.1. The van der Waals surface area contributed by atoms with E-state index in [4.69, 9.17) is 9.84 Å². The number of amides is 2. The number of carboxylic acid groups (broad SMARTS) is 1. The van der Waals surface area contributed by atoms with Gasteiger partial charge in [-0.2, -0.15) is 0 Å². The second kappa shape index (κ2) is 11.3. The van der Waals surface area contributed by atoms with Crippen LogP contribution in [0.4, 0.5) is 4.79 Å². The van der Waals surface area contributed by atoms with Crippen LogP contribution in [0.1, 0.15) is 56.1 Å². The topological polar surface area (TPSA) is 105 Å². The van der Waals surface area contributed by atoms with E-state index in [0.29, 0.717) is 19.4 Å². The fourth-order valence-electron chi connectivity index (χ4n) is 4.17. The molecule has 1 aliphatic rings. The number of hydrogen-bond acceptors (Lipinski definition) is 4. The summed E-state index contributed by atoms with van der Waals surface area (Å²) in [5.74, 6) is -1.14. The number of alkyl carbamates (subject to hydrolysis) is 1. The maximum Gasteiger partial charge on any atom is 0.407 e. The lowest BCUT2D eigenvalue weighted by atomic mass is 9.98. The zero-order valence-electron chi connectivity index (χ0n) is 18.3. The Labute approximate surface area is 188 Å². The minimum Gasteiger partial charge on any atom is -0.481 e. The molecule has 0 saturated carbocycles. The van der Waals surface area contributed by atoms with Gasteiger partial charge in [0.05, 0.1) is 6.42 Å². The molecule has 0 fully saturated rings. The summed E-state index contributed by atoms with van der Waals surface area (Å²) in [6.07, 6.45) is 1.47. The molecule has 2 aromatic carbocycles. The number of carbonyl (C=O) groups excluding carboxylic acids is 2. The van der Waals surface area contributed by atoms with Gasteiger partial charge in [0.25, 0.3) is 0 Å². The highest BCUT2D eigenvalue weighted by molar-refractivity contribution is 5.79. The van der Waals surface area contributed by atoms with Crippen LogP contribution >= 0.6 is 0 Å². The summed E-state index contributed by atoms with van der Waals surface area (Å²) in [4.78, 5) is 35.1. The largest absolute Gasteiger partial charge is 0.481 e. The van der Waals surface area contributed by atoms with Crippen molar-refractivity contribution < 1.29 is 24.2 Å². The lowest BCUT2D eigenvalue weighted by Crippen LogP contribution is -2.36. The van der Waals surface area contributed by atoms with E-state index in [1.807, 2.05) is 31.2 Å². The molecule has 0 aromatic heterocycles. The Kier molecular flexibility index (Phi) is 8.25. The highest BCUT2D eigenvalue weighted by Gasteiger charge is 2.28. The number of aliphatic carboxylic acids is 1. The average molecular weight is 439 g/mol. The minimum atomic E-state index is -0.930. The quantitative estimate of drug-likeness (QED) is 0.459. The first-order chi connectivity index (χ1) is 15.5. The highest BCUT2D eigenvalue weighted by atomic mass is 16.5. The molecule has 1 aliphatic carbocycles. The van der Waals surface area contributed by atoms with Crippen LogP contribution in [-0.2, 0) is 14.3 Å². The monoisotopic (exact) mass is 438 g/mol. The van der Waals surface area contributed by atoms with Crippen LogP contribution in [0.25, 0.3) is 11.1 Å². The molecule has 0 aliphatic heterocycles. The van der Waals surface area contributed by atoms with E-state index in [1.54, 1.807) is 0 Å². The van der Waals surface area contributed by atoms with Gasteiger partial charge >= 0.3 is 12.1 Å². The van der Waals surface area contributed by atoms with Gasteiger partial charge in [-0.3, -0.25) is 9.59 Å². The Hall–Kier alpha value is -3.35. The van der Waals surface area contributed by atoms with E-state index < -0.39 is 12.1 Å². The summed E-state index contributed by atoms with van der Waals surface area (Å²) in [7, 11) is 0. The van der Waals surface area contributed by atoms with E-state index in [1.165, 1.54) is 11.1 Å². The molecule has 170 valence electrons. The average Bonchev–Trinajstić information content (AvgIpc) is 3.09. The van der Waals surface area contributed by atoms with Gasteiger partial charge in [0.1, 0.15) is 6.61 Å². The molecule has 32 heavy (non-hydrogen) atoms. The molecular weight excluding hydrogens is 408 g/mol. The Morgan fingerprint density at radius 1 is 1.03 bits per heavy atom. The molecule has 2 aromatic rings. The van der Waals surface area contributed by atoms with Gasteiger partial charge in [-0.25, -0.2) is 4.79 Å². The first kappa shape index (κ1) is 23.3. The van der Waals surface area contributed by atoms with Crippen molar-refractivity contribution in [2.24, 2.45) is 0 Å². The summed E-state index contributed by atoms with van der Waals surface area (Å²) < 4.78 is 5.47. The number of ether oxygens (including phenoxy) is 1. The summed E-state index contributed by atoms with van der Waals surface area (Å²) >= 11 is 0. The van der Waals surface area contributed by atoms with Crippen molar-refractivity contribution in [3.05, 3.63) is 59.7 Å². The first-order valence-corrected chi connectivity index (χ1v) is 11.1. The van der Waals surface area contributed by atoms with Gasteiger partial charge in [-0.05, 0) is 35.1 Å². The standard InChI is InChI=1S/C25H30N2O5/c1-2-8-17(15-24(29)30)27-23(28)13-7-14-26-25(31)32-16-22-20-11-5-3-9-18(20)19-10-4-6-12-21(19)22/h3-6,9-12,17,22H,2,7-8,13-16H2,1H3,(H,26,31)(H,27,28)(H,29,30)/t17-/m1/s1. The van der Waals surface area contributed by atoms with E-state index in [-0.39, 0.29) is 37.3 Å². The third kappa shape index (κ3) is 6.09. The summed E-state index contributed by atoms with van der Waals surface area (Å²) in [5.41, 5.74) is 4.65. The number of carboxylic acids is 1. The maximum atomic E-state index is 12.2. The number of nitrogens with one attached hydrogen (secondary N) is 2. The van der Waals surface area contributed by atoms with Crippen molar-refractivity contribution in [2.75, 3.05) is 13.2 Å². The van der Waals surface area contributed by atoms with Gasteiger partial charge in [0.2, 0.25) is 5.91 Å². The molecular formula is C25H30N2O5. The van der Waals surface area contributed by atoms with Crippen molar-refractivity contribution >= 4 is 18.0 Å². The predicted molar refractivity (Wildman–Crippen MR) is 121 cm³/mol. The van der Waals surface area contributed by atoms with Crippen LogP contribution in [-0.4, -0.2) is 42.3 Å². The van der Waals surface area contributed by atoms with Crippen molar-refractivity contribution in [1.29, 1.82) is 0 Å². The molecule has 2 amide bonds. The molecule has 0 saturated heterocycles. The van der Waals surface area contributed by atoms with Crippen molar-refractivity contribution in [3.63, 3.8) is 0 Å². The molecule has 0 spiro atoms. The van der Waals surface area contributed by atoms with Crippen LogP contribution in [0, 0.1) is 0 Å². The van der Waals surface area contributed by atoms with E-state index in [2.05, 4.69) is 34.9 Å². The van der Waals surface area contributed by atoms with Gasteiger partial charge < -0.3 is 20.5 Å². The number of fused-ring (bicyclic) bond motifs is 3. The fourth-order valence-corrected chi connectivity index (χ4v) is 4.17. The number of benzene rings is 2. The Morgan fingerprint density at radius 2 is 1.66 bits per heavy atom. The maximum absolute atomic E-state index is 12.2. The van der Waals surface area contributed by atoms with Gasteiger partial charge in [-0.15, -0.1) is 0 Å². The molecule has 0 heterocycles. The van der Waals surface area contributed by atoms with E-state index >= 15 is 0 Å². The summed E-state index contributed by atoms with van der Waals surface area (Å²) in [5, 5.41) is 14.4. The fraction of sp³-hybridized carbons (Fsp3) is 0.400. The molecule has 0 radical (unpaired) electrons. The normalized spacial score (nSPS) is 13.0. The molecule has 7 heteroatoms. The molecule has 7 nitrogen and oxygen atoms in total. The van der Waals surface area contributed by atoms with E-state index in [9.17, 15) is 14.4 Å². The van der Waals surface area contributed by atoms with Gasteiger partial charge in [-0.1, -0.05) is 61.9 Å². The third-order valence-corrected chi connectivity index (χ3v) is 5.62. The van der Waals surface area contributed by atoms with Crippen LogP contribution in [0.3, 0.4) is 0 Å². The number of carbonyl (C=O) groups is 3. The minimum absolute atomic E-state index is 0.00339. The lowest BCUT2D eigenvalue weighted by molar-refractivity contribution is -0.137. The molecule has 1 atom stereocenters. The Bertz CT molecular complexity index is 913. The zero-order valence-corrected chi connectivity index (χ0v) is 18.3. The molecule has 3 rings (SSSR count). The van der Waals surface area contributed by atoms with Crippen LogP contribution in [0.2, 0.25) is 0 Å². The lowest BCUT2D eigenvalue weighted by Gasteiger charge is -2.16.